The largest absolute Gasteiger partial charge is 0.380 e. The maximum atomic E-state index is 5.14. The fourth-order valence-electron chi connectivity index (χ4n) is 1.76. The zero-order valence-corrected chi connectivity index (χ0v) is 11.5. The monoisotopic (exact) mass is 261 g/mol. The van der Waals surface area contributed by atoms with Crippen molar-refractivity contribution in [3.63, 3.8) is 0 Å². The van der Waals surface area contributed by atoms with Crippen molar-refractivity contribution in [3.8, 4) is 5.69 Å². The van der Waals surface area contributed by atoms with Crippen LogP contribution in [0.3, 0.4) is 0 Å². The molecule has 2 aromatic rings. The van der Waals surface area contributed by atoms with Gasteiger partial charge in [-0.05, 0) is 28.1 Å². The van der Waals surface area contributed by atoms with E-state index < -0.39 is 0 Å². The van der Waals surface area contributed by atoms with E-state index in [1.54, 1.807) is 11.8 Å². The van der Waals surface area contributed by atoms with Gasteiger partial charge in [0, 0.05) is 13.2 Å². The number of nitrogens with one attached hydrogen (secondary N) is 1. The third-order valence-corrected chi connectivity index (χ3v) is 2.67. The van der Waals surface area contributed by atoms with Crippen LogP contribution in [0.4, 0.5) is 0 Å². The molecule has 1 N–H and O–H groups in total. The highest BCUT2D eigenvalue weighted by Gasteiger charge is 2.08. The Labute approximate surface area is 112 Å². The van der Waals surface area contributed by atoms with Crippen molar-refractivity contribution in [1.29, 1.82) is 0 Å². The third kappa shape index (κ3) is 3.59. The number of tetrazole rings is 1. The van der Waals surface area contributed by atoms with E-state index in [0.717, 1.165) is 17.1 Å². The molecule has 102 valence electrons. The highest BCUT2D eigenvalue weighted by atomic mass is 16.5. The molecule has 0 saturated heterocycles. The van der Waals surface area contributed by atoms with Crippen LogP contribution < -0.4 is 5.32 Å². The molecule has 1 aromatic carbocycles. The molecule has 0 aliphatic rings. The number of aromatic nitrogens is 4. The van der Waals surface area contributed by atoms with Gasteiger partial charge in [0.15, 0.2) is 5.82 Å². The fourth-order valence-corrected chi connectivity index (χ4v) is 1.76. The van der Waals surface area contributed by atoms with Gasteiger partial charge in [-0.2, -0.15) is 4.68 Å². The van der Waals surface area contributed by atoms with E-state index in [1.165, 1.54) is 0 Å². The lowest BCUT2D eigenvalue weighted by Gasteiger charge is -2.09. The van der Waals surface area contributed by atoms with Gasteiger partial charge >= 0.3 is 0 Å². The van der Waals surface area contributed by atoms with Crippen molar-refractivity contribution in [2.45, 2.75) is 33.0 Å². The topological polar surface area (TPSA) is 64.9 Å². The average Bonchev–Trinajstić information content (AvgIpc) is 2.85. The summed E-state index contributed by atoms with van der Waals surface area (Å²) in [7, 11) is 1.68. The molecule has 0 bridgehead atoms. The predicted octanol–water partition coefficient (Wildman–Crippen LogP) is 1.31. The van der Waals surface area contributed by atoms with Crippen LogP contribution >= 0.6 is 0 Å². The molecule has 6 heteroatoms. The Bertz CT molecular complexity index is 523. The van der Waals surface area contributed by atoms with E-state index in [1.807, 2.05) is 24.3 Å². The van der Waals surface area contributed by atoms with Crippen LogP contribution in [0.2, 0.25) is 0 Å². The number of hydrogen-bond donors (Lipinski definition) is 1. The van der Waals surface area contributed by atoms with Gasteiger partial charge in [-0.15, -0.1) is 5.10 Å². The van der Waals surface area contributed by atoms with Crippen molar-refractivity contribution < 1.29 is 4.74 Å². The van der Waals surface area contributed by atoms with E-state index in [2.05, 4.69) is 34.7 Å². The van der Waals surface area contributed by atoms with Crippen LogP contribution in [0.1, 0.15) is 25.2 Å². The zero-order valence-electron chi connectivity index (χ0n) is 11.5. The van der Waals surface area contributed by atoms with Crippen molar-refractivity contribution in [2.75, 3.05) is 7.11 Å². The molecule has 0 aliphatic carbocycles. The predicted molar refractivity (Wildman–Crippen MR) is 71.8 cm³/mol. The molecule has 6 nitrogen and oxygen atoms in total. The maximum Gasteiger partial charge on any atom is 0.170 e. The molecular formula is C13H19N5O. The third-order valence-electron chi connectivity index (χ3n) is 2.67. The van der Waals surface area contributed by atoms with Gasteiger partial charge in [0.05, 0.1) is 18.8 Å². The van der Waals surface area contributed by atoms with Crippen LogP contribution in [-0.2, 0) is 17.9 Å². The molecule has 0 unspecified atom stereocenters. The smallest absolute Gasteiger partial charge is 0.170 e. The summed E-state index contributed by atoms with van der Waals surface area (Å²) < 4.78 is 6.88. The van der Waals surface area contributed by atoms with Crippen molar-refractivity contribution in [3.05, 3.63) is 35.7 Å². The van der Waals surface area contributed by atoms with Gasteiger partial charge in [0.1, 0.15) is 0 Å². The molecule has 0 spiro atoms. The van der Waals surface area contributed by atoms with Crippen LogP contribution in [0.15, 0.2) is 24.3 Å². The molecule has 0 atom stereocenters. The molecular weight excluding hydrogens is 242 g/mol. The molecule has 1 aromatic heterocycles. The zero-order chi connectivity index (χ0) is 13.7. The summed E-state index contributed by atoms with van der Waals surface area (Å²) in [5.74, 6) is 0.795. The summed E-state index contributed by atoms with van der Waals surface area (Å²) in [5, 5.41) is 15.1. The molecule has 1 heterocycles. The summed E-state index contributed by atoms with van der Waals surface area (Å²) in [4.78, 5) is 0. The van der Waals surface area contributed by atoms with Crippen molar-refractivity contribution in [2.24, 2.45) is 0 Å². The second-order valence-electron chi connectivity index (χ2n) is 4.65. The first-order valence-electron chi connectivity index (χ1n) is 6.29. The van der Waals surface area contributed by atoms with Crippen LogP contribution in [0.25, 0.3) is 5.69 Å². The van der Waals surface area contributed by atoms with Gasteiger partial charge in [-0.1, -0.05) is 26.0 Å². The minimum absolute atomic E-state index is 0.393. The van der Waals surface area contributed by atoms with Crippen LogP contribution in [-0.4, -0.2) is 33.4 Å². The van der Waals surface area contributed by atoms with Crippen molar-refractivity contribution >= 4 is 0 Å². The van der Waals surface area contributed by atoms with E-state index in [4.69, 9.17) is 4.74 Å². The summed E-state index contributed by atoms with van der Waals surface area (Å²) in [6.07, 6.45) is 0. The van der Waals surface area contributed by atoms with Crippen molar-refractivity contribution in [1.82, 2.24) is 25.5 Å². The van der Waals surface area contributed by atoms with Gasteiger partial charge in [-0.3, -0.25) is 0 Å². The number of nitrogens with zero attached hydrogens (tertiary/aromatic N) is 4. The minimum atomic E-state index is 0.393. The van der Waals surface area contributed by atoms with E-state index in [0.29, 0.717) is 19.2 Å². The second kappa shape index (κ2) is 6.40. The summed E-state index contributed by atoms with van der Waals surface area (Å²) >= 11 is 0. The van der Waals surface area contributed by atoms with E-state index in [-0.39, 0.29) is 0 Å². The van der Waals surface area contributed by atoms with E-state index in [9.17, 15) is 0 Å². The van der Waals surface area contributed by atoms with Gasteiger partial charge in [0.25, 0.3) is 0 Å². The minimum Gasteiger partial charge on any atom is -0.380 e. The second-order valence-corrected chi connectivity index (χ2v) is 4.65. The Balaban J connectivity index is 2.21. The number of methoxy groups -OCH3 is 1. The maximum absolute atomic E-state index is 5.14. The lowest BCUT2D eigenvalue weighted by molar-refractivity contribution is 0.185. The lowest BCUT2D eigenvalue weighted by Crippen LogP contribution is -2.24. The van der Waals surface area contributed by atoms with Gasteiger partial charge in [0.2, 0.25) is 0 Å². The number of hydrogen-bond acceptors (Lipinski definition) is 5. The molecule has 19 heavy (non-hydrogen) atoms. The molecule has 0 fully saturated rings. The Morgan fingerprint density at radius 3 is 2.95 bits per heavy atom. The quantitative estimate of drug-likeness (QED) is 0.849. The fraction of sp³-hybridized carbons (Fsp3) is 0.462. The summed E-state index contributed by atoms with van der Waals surface area (Å²) in [5.41, 5.74) is 2.04. The Kier molecular flexibility index (Phi) is 4.59. The SMILES string of the molecule is COCc1cccc(-n2nnnc2CNC(C)C)c1. The van der Waals surface area contributed by atoms with Gasteiger partial charge in [-0.25, -0.2) is 0 Å². The average molecular weight is 261 g/mol. The van der Waals surface area contributed by atoms with Gasteiger partial charge < -0.3 is 10.1 Å². The highest BCUT2D eigenvalue weighted by molar-refractivity contribution is 5.35. The van der Waals surface area contributed by atoms with Crippen LogP contribution in [0.5, 0.6) is 0 Å². The number of benzene rings is 1. The Morgan fingerprint density at radius 1 is 1.37 bits per heavy atom. The Morgan fingerprint density at radius 2 is 2.21 bits per heavy atom. The lowest BCUT2D eigenvalue weighted by atomic mass is 10.2. The molecule has 0 radical (unpaired) electrons. The molecule has 0 saturated carbocycles. The Hall–Kier alpha value is -1.79. The molecule has 0 aliphatic heterocycles. The summed E-state index contributed by atoms with van der Waals surface area (Å²) in [6.45, 7) is 5.40. The normalized spacial score (nSPS) is 11.2. The molecule has 2 rings (SSSR count). The first-order chi connectivity index (χ1) is 9.20. The number of rotatable bonds is 6. The molecule has 0 amide bonds. The standard InChI is InChI=1S/C13H19N5O/c1-10(2)14-8-13-15-16-17-18(13)12-6-4-5-11(7-12)9-19-3/h4-7,10,14H,8-9H2,1-3H3. The van der Waals surface area contributed by atoms with E-state index >= 15 is 0 Å². The first-order valence-corrected chi connectivity index (χ1v) is 6.29. The summed E-state index contributed by atoms with van der Waals surface area (Å²) in [6, 6.07) is 8.40. The highest BCUT2D eigenvalue weighted by Crippen LogP contribution is 2.11. The van der Waals surface area contributed by atoms with Crippen LogP contribution in [0, 0.1) is 0 Å². The number of ether oxygens (including phenoxy) is 1. The first kappa shape index (κ1) is 13.6.